The minimum absolute atomic E-state index is 0.0518. The molecule has 0 radical (unpaired) electrons. The van der Waals surface area contributed by atoms with Gasteiger partial charge < -0.3 is 9.31 Å². The summed E-state index contributed by atoms with van der Waals surface area (Å²) in [5.41, 5.74) is -1.48. The Morgan fingerprint density at radius 1 is 1.10 bits per heavy atom. The van der Waals surface area contributed by atoms with Crippen molar-refractivity contribution in [2.45, 2.75) is 38.9 Å². The molecule has 1 aliphatic rings. The van der Waals surface area contributed by atoms with Crippen LogP contribution in [0.4, 0.5) is 4.39 Å². The zero-order chi connectivity index (χ0) is 15.0. The van der Waals surface area contributed by atoms with E-state index in [2.05, 4.69) is 0 Å². The fourth-order valence-electron chi connectivity index (χ4n) is 1.93. The Morgan fingerprint density at radius 2 is 1.60 bits per heavy atom. The number of nitriles is 1. The van der Waals surface area contributed by atoms with Crippen LogP contribution in [0.25, 0.3) is 5.57 Å². The molecule has 0 bridgehead atoms. The zero-order valence-corrected chi connectivity index (χ0v) is 12.1. The van der Waals surface area contributed by atoms with Crippen LogP contribution in [0.15, 0.2) is 36.1 Å². The van der Waals surface area contributed by atoms with Gasteiger partial charge in [0, 0.05) is 0 Å². The average molecular weight is 273 g/mol. The minimum Gasteiger partial charge on any atom is -0.398 e. The molecule has 2 rings (SSSR count). The van der Waals surface area contributed by atoms with Gasteiger partial charge in [-0.2, -0.15) is 5.26 Å². The summed E-state index contributed by atoms with van der Waals surface area (Å²) >= 11 is 0. The molecule has 1 aromatic carbocycles. The Labute approximate surface area is 119 Å². The first-order chi connectivity index (χ1) is 9.28. The highest BCUT2D eigenvalue weighted by atomic mass is 19.1. The molecule has 1 heterocycles. The monoisotopic (exact) mass is 273 g/mol. The molecule has 1 aromatic rings. The van der Waals surface area contributed by atoms with E-state index in [0.717, 1.165) is 0 Å². The second kappa shape index (κ2) is 5.04. The molecule has 5 heteroatoms. The van der Waals surface area contributed by atoms with Crippen LogP contribution in [-0.4, -0.2) is 18.3 Å². The van der Waals surface area contributed by atoms with Crippen molar-refractivity contribution in [1.29, 1.82) is 5.26 Å². The van der Waals surface area contributed by atoms with Gasteiger partial charge in [0.15, 0.2) is 0 Å². The zero-order valence-electron chi connectivity index (χ0n) is 12.1. The van der Waals surface area contributed by atoms with Gasteiger partial charge in [0.1, 0.15) is 11.8 Å². The molecule has 104 valence electrons. The van der Waals surface area contributed by atoms with E-state index in [1.807, 2.05) is 39.8 Å². The Morgan fingerprint density at radius 3 is 2.05 bits per heavy atom. The predicted molar refractivity (Wildman–Crippen MR) is 76.2 cm³/mol. The van der Waals surface area contributed by atoms with Gasteiger partial charge in [-0.15, -0.1) is 0 Å². The van der Waals surface area contributed by atoms with Gasteiger partial charge in [-0.1, -0.05) is 30.3 Å². The Bertz CT molecular complexity index is 559. The summed E-state index contributed by atoms with van der Waals surface area (Å²) in [4.78, 5) is 0. The van der Waals surface area contributed by atoms with Crippen molar-refractivity contribution < 1.29 is 13.7 Å². The molecule has 1 saturated heterocycles. The summed E-state index contributed by atoms with van der Waals surface area (Å²) in [6.07, 6.45) is 0. The van der Waals surface area contributed by atoms with E-state index in [-0.39, 0.29) is 5.57 Å². The van der Waals surface area contributed by atoms with Gasteiger partial charge in [-0.05, 0) is 33.3 Å². The highest BCUT2D eigenvalue weighted by Crippen LogP contribution is 2.40. The number of hydrogen-bond acceptors (Lipinski definition) is 3. The van der Waals surface area contributed by atoms with E-state index in [9.17, 15) is 9.65 Å². The van der Waals surface area contributed by atoms with Crippen LogP contribution in [0.2, 0.25) is 0 Å². The van der Waals surface area contributed by atoms with Crippen LogP contribution in [0.5, 0.6) is 0 Å². The van der Waals surface area contributed by atoms with Crippen molar-refractivity contribution in [2.24, 2.45) is 0 Å². The smallest absolute Gasteiger partial charge is 0.398 e. The molecule has 0 N–H and O–H groups in total. The number of rotatable bonds is 2. The normalized spacial score (nSPS) is 21.3. The summed E-state index contributed by atoms with van der Waals surface area (Å²) in [5.74, 6) is 0. The number of benzene rings is 1. The summed E-state index contributed by atoms with van der Waals surface area (Å²) in [6, 6.07) is 10.6. The standard InChI is InChI=1S/C15H17BFNO2/c1-14(2)15(3,4)20-16(19-14)13(17)12(10-18)11-8-6-5-7-9-11/h5-9H,1-4H3. The third-order valence-electron chi connectivity index (χ3n) is 3.87. The molecule has 20 heavy (non-hydrogen) atoms. The Kier molecular flexibility index (Phi) is 3.72. The largest absolute Gasteiger partial charge is 0.526 e. The van der Waals surface area contributed by atoms with Crippen molar-refractivity contribution in [3.05, 3.63) is 41.6 Å². The fraction of sp³-hybridized carbons (Fsp3) is 0.400. The first-order valence-corrected chi connectivity index (χ1v) is 6.49. The second-order valence-corrected chi connectivity index (χ2v) is 5.79. The maximum absolute atomic E-state index is 14.6. The molecule has 0 saturated carbocycles. The third-order valence-corrected chi connectivity index (χ3v) is 3.87. The lowest BCUT2D eigenvalue weighted by atomic mass is 9.83. The van der Waals surface area contributed by atoms with E-state index in [4.69, 9.17) is 9.31 Å². The van der Waals surface area contributed by atoms with Crippen molar-refractivity contribution in [3.8, 4) is 6.07 Å². The van der Waals surface area contributed by atoms with Gasteiger partial charge in [0.2, 0.25) is 0 Å². The molecule has 0 unspecified atom stereocenters. The molecular weight excluding hydrogens is 256 g/mol. The minimum atomic E-state index is -1.14. The molecule has 0 aromatic heterocycles. The Balaban J connectivity index is 2.38. The van der Waals surface area contributed by atoms with Crippen LogP contribution >= 0.6 is 0 Å². The SMILES string of the molecule is CC1(C)OB(C(F)=C(C#N)c2ccccc2)OC1(C)C. The van der Waals surface area contributed by atoms with Crippen LogP contribution < -0.4 is 0 Å². The first-order valence-electron chi connectivity index (χ1n) is 6.49. The van der Waals surface area contributed by atoms with Gasteiger partial charge in [-0.3, -0.25) is 0 Å². The molecule has 3 nitrogen and oxygen atoms in total. The van der Waals surface area contributed by atoms with E-state index in [1.54, 1.807) is 24.3 Å². The van der Waals surface area contributed by atoms with Crippen LogP contribution in [-0.2, 0) is 9.31 Å². The predicted octanol–water partition coefficient (Wildman–Crippen LogP) is 3.52. The van der Waals surface area contributed by atoms with Crippen molar-refractivity contribution in [2.75, 3.05) is 0 Å². The molecule has 0 aliphatic carbocycles. The lowest BCUT2D eigenvalue weighted by Crippen LogP contribution is -2.41. The van der Waals surface area contributed by atoms with E-state index in [0.29, 0.717) is 5.56 Å². The Hall–Kier alpha value is -1.64. The number of halogens is 1. The van der Waals surface area contributed by atoms with Gasteiger partial charge in [0.05, 0.1) is 16.8 Å². The van der Waals surface area contributed by atoms with Gasteiger partial charge in [-0.25, -0.2) is 4.39 Å². The molecule has 0 spiro atoms. The molecule has 0 atom stereocenters. The summed E-state index contributed by atoms with van der Waals surface area (Å²) in [7, 11) is -1.14. The number of hydrogen-bond donors (Lipinski definition) is 0. The quantitative estimate of drug-likeness (QED) is 0.611. The average Bonchev–Trinajstić information content (AvgIpc) is 2.60. The molecule has 1 fully saturated rings. The summed E-state index contributed by atoms with van der Waals surface area (Å²) in [6.45, 7) is 7.37. The van der Waals surface area contributed by atoms with Gasteiger partial charge in [0.25, 0.3) is 0 Å². The van der Waals surface area contributed by atoms with Crippen LogP contribution in [0, 0.1) is 11.3 Å². The summed E-state index contributed by atoms with van der Waals surface area (Å²) < 4.78 is 25.8. The fourth-order valence-corrected chi connectivity index (χ4v) is 1.93. The third kappa shape index (κ3) is 2.49. The van der Waals surface area contributed by atoms with Crippen molar-refractivity contribution >= 4 is 12.7 Å². The highest BCUT2D eigenvalue weighted by molar-refractivity contribution is 6.55. The molecular formula is C15H17BFNO2. The van der Waals surface area contributed by atoms with E-state index < -0.39 is 24.0 Å². The van der Waals surface area contributed by atoms with Gasteiger partial charge >= 0.3 is 7.12 Å². The maximum Gasteiger partial charge on any atom is 0.526 e. The van der Waals surface area contributed by atoms with E-state index >= 15 is 0 Å². The highest BCUT2D eigenvalue weighted by Gasteiger charge is 2.53. The van der Waals surface area contributed by atoms with Crippen LogP contribution in [0.3, 0.4) is 0 Å². The van der Waals surface area contributed by atoms with E-state index in [1.165, 1.54) is 0 Å². The van der Waals surface area contributed by atoms with Crippen LogP contribution in [0.1, 0.15) is 33.3 Å². The first kappa shape index (κ1) is 14.8. The molecule has 1 aliphatic heterocycles. The lowest BCUT2D eigenvalue weighted by molar-refractivity contribution is 0.00578. The van der Waals surface area contributed by atoms with Crippen molar-refractivity contribution in [3.63, 3.8) is 0 Å². The summed E-state index contributed by atoms with van der Waals surface area (Å²) in [5, 5.41) is 9.21. The molecule has 0 amide bonds. The second-order valence-electron chi connectivity index (χ2n) is 5.79. The topological polar surface area (TPSA) is 42.2 Å². The van der Waals surface area contributed by atoms with Crippen molar-refractivity contribution in [1.82, 2.24) is 0 Å². The maximum atomic E-state index is 14.6. The lowest BCUT2D eigenvalue weighted by Gasteiger charge is -2.32. The number of nitrogens with zero attached hydrogens (tertiary/aromatic N) is 1. The number of allylic oxidation sites excluding steroid dienone is 1.